The fourth-order valence-electron chi connectivity index (χ4n) is 4.32. The van der Waals surface area contributed by atoms with E-state index < -0.39 is 0 Å². The lowest BCUT2D eigenvalue weighted by Gasteiger charge is -2.45. The van der Waals surface area contributed by atoms with Gasteiger partial charge in [0.15, 0.2) is 0 Å². The molecule has 2 aliphatic carbocycles. The number of likely N-dealkylation sites (tertiary alicyclic amines) is 1. The van der Waals surface area contributed by atoms with Crippen molar-refractivity contribution in [2.75, 3.05) is 19.6 Å². The van der Waals surface area contributed by atoms with Gasteiger partial charge in [0, 0.05) is 25.2 Å². The van der Waals surface area contributed by atoms with Gasteiger partial charge in [-0.2, -0.15) is 0 Å². The molecule has 3 rings (SSSR count). The molecule has 3 fully saturated rings. The number of hydrogen-bond donors (Lipinski definition) is 1. The minimum Gasteiger partial charge on any atom is -0.312 e. The molecule has 0 aromatic rings. The molecule has 0 aromatic heterocycles. The van der Waals surface area contributed by atoms with E-state index in [2.05, 4.69) is 17.1 Å². The van der Waals surface area contributed by atoms with Crippen LogP contribution in [0.15, 0.2) is 0 Å². The molecule has 19 heavy (non-hydrogen) atoms. The Morgan fingerprint density at radius 2 is 1.74 bits per heavy atom. The molecule has 1 aliphatic heterocycles. The molecule has 3 aliphatic rings. The summed E-state index contributed by atoms with van der Waals surface area (Å²) in [6, 6.07) is 1.70. The minimum absolute atomic E-state index is 0.770. The third kappa shape index (κ3) is 3.72. The van der Waals surface area contributed by atoms with Crippen LogP contribution in [-0.4, -0.2) is 36.6 Å². The Balaban J connectivity index is 1.43. The molecule has 2 heteroatoms. The molecule has 0 radical (unpaired) electrons. The van der Waals surface area contributed by atoms with Crippen molar-refractivity contribution in [1.82, 2.24) is 10.2 Å². The number of nitrogens with one attached hydrogen (secondary N) is 1. The maximum atomic E-state index is 3.91. The van der Waals surface area contributed by atoms with Gasteiger partial charge >= 0.3 is 0 Å². The Bertz CT molecular complexity index is 268. The highest BCUT2D eigenvalue weighted by molar-refractivity contribution is 4.89. The molecule has 1 heterocycles. The summed E-state index contributed by atoms with van der Waals surface area (Å²) in [5, 5.41) is 3.91. The maximum absolute atomic E-state index is 3.91. The van der Waals surface area contributed by atoms with Gasteiger partial charge in [0.05, 0.1) is 0 Å². The van der Waals surface area contributed by atoms with Crippen molar-refractivity contribution < 1.29 is 0 Å². The summed E-state index contributed by atoms with van der Waals surface area (Å²) in [6.07, 6.45) is 13.2. The van der Waals surface area contributed by atoms with Crippen LogP contribution in [0.5, 0.6) is 0 Å². The Morgan fingerprint density at radius 3 is 2.42 bits per heavy atom. The van der Waals surface area contributed by atoms with E-state index in [1.54, 1.807) is 0 Å². The standard InChI is InChI=1S/C17H32N2/c1-14-10-16(13-19(12-14)17-8-5-9-17)18-11-15-6-3-2-4-7-15/h14-18H,2-13H2,1H3. The van der Waals surface area contributed by atoms with Gasteiger partial charge in [0.1, 0.15) is 0 Å². The Hall–Kier alpha value is -0.0800. The zero-order valence-corrected chi connectivity index (χ0v) is 12.7. The van der Waals surface area contributed by atoms with E-state index >= 15 is 0 Å². The van der Waals surface area contributed by atoms with Crippen LogP contribution in [0.4, 0.5) is 0 Å². The van der Waals surface area contributed by atoms with E-state index in [9.17, 15) is 0 Å². The number of hydrogen-bond acceptors (Lipinski definition) is 2. The SMILES string of the molecule is CC1CC(NCC2CCCCC2)CN(C2CCC2)C1. The van der Waals surface area contributed by atoms with Crippen LogP contribution in [-0.2, 0) is 0 Å². The topological polar surface area (TPSA) is 15.3 Å². The van der Waals surface area contributed by atoms with Gasteiger partial charge in [0.2, 0.25) is 0 Å². The molecule has 0 spiro atoms. The summed E-state index contributed by atoms with van der Waals surface area (Å²) in [7, 11) is 0. The summed E-state index contributed by atoms with van der Waals surface area (Å²) in [5.41, 5.74) is 0. The van der Waals surface area contributed by atoms with Crippen LogP contribution in [0.25, 0.3) is 0 Å². The first-order valence-electron chi connectivity index (χ1n) is 8.78. The molecule has 0 aromatic carbocycles. The zero-order chi connectivity index (χ0) is 13.1. The lowest BCUT2D eigenvalue weighted by Crippen LogP contribution is -2.54. The van der Waals surface area contributed by atoms with Crippen LogP contribution in [0.1, 0.15) is 64.7 Å². The first-order valence-corrected chi connectivity index (χ1v) is 8.78. The monoisotopic (exact) mass is 264 g/mol. The highest BCUT2D eigenvalue weighted by Crippen LogP contribution is 2.29. The normalized spacial score (nSPS) is 35.2. The summed E-state index contributed by atoms with van der Waals surface area (Å²) in [6.45, 7) is 6.41. The van der Waals surface area contributed by atoms with E-state index in [1.165, 1.54) is 77.4 Å². The van der Waals surface area contributed by atoms with E-state index in [-0.39, 0.29) is 0 Å². The van der Waals surface area contributed by atoms with Crippen LogP contribution in [0.2, 0.25) is 0 Å². The van der Waals surface area contributed by atoms with Gasteiger partial charge in [-0.1, -0.05) is 32.6 Å². The van der Waals surface area contributed by atoms with Crippen molar-refractivity contribution in [3.05, 3.63) is 0 Å². The van der Waals surface area contributed by atoms with E-state index in [0.717, 1.165) is 23.9 Å². The largest absolute Gasteiger partial charge is 0.312 e. The van der Waals surface area contributed by atoms with Gasteiger partial charge in [-0.15, -0.1) is 0 Å². The molecule has 2 unspecified atom stereocenters. The quantitative estimate of drug-likeness (QED) is 0.837. The van der Waals surface area contributed by atoms with Gasteiger partial charge in [-0.05, 0) is 50.5 Å². The number of nitrogens with zero attached hydrogens (tertiary/aromatic N) is 1. The summed E-state index contributed by atoms with van der Waals surface area (Å²) in [4.78, 5) is 2.79. The molecule has 110 valence electrons. The summed E-state index contributed by atoms with van der Waals surface area (Å²) < 4.78 is 0. The maximum Gasteiger partial charge on any atom is 0.0198 e. The predicted molar refractivity (Wildman–Crippen MR) is 81.4 cm³/mol. The third-order valence-electron chi connectivity index (χ3n) is 5.70. The first-order chi connectivity index (χ1) is 9.31. The molecular formula is C17H32N2. The second kappa shape index (κ2) is 6.58. The molecule has 1 N–H and O–H groups in total. The zero-order valence-electron chi connectivity index (χ0n) is 12.7. The molecule has 2 nitrogen and oxygen atoms in total. The Morgan fingerprint density at radius 1 is 0.947 bits per heavy atom. The van der Waals surface area contributed by atoms with E-state index in [4.69, 9.17) is 0 Å². The minimum atomic E-state index is 0.770. The van der Waals surface area contributed by atoms with Gasteiger partial charge in [-0.3, -0.25) is 4.90 Å². The van der Waals surface area contributed by atoms with Crippen LogP contribution in [0, 0.1) is 11.8 Å². The average molecular weight is 264 g/mol. The molecule has 0 amide bonds. The van der Waals surface area contributed by atoms with Crippen LogP contribution >= 0.6 is 0 Å². The lowest BCUT2D eigenvalue weighted by molar-refractivity contribution is 0.0620. The average Bonchev–Trinajstić information content (AvgIpc) is 2.35. The molecule has 2 atom stereocenters. The summed E-state index contributed by atoms with van der Waals surface area (Å²) in [5.74, 6) is 1.86. The second-order valence-corrected chi connectivity index (χ2v) is 7.49. The highest BCUT2D eigenvalue weighted by atomic mass is 15.2. The molecular weight excluding hydrogens is 232 g/mol. The summed E-state index contributed by atoms with van der Waals surface area (Å²) >= 11 is 0. The lowest BCUT2D eigenvalue weighted by atomic mass is 9.86. The van der Waals surface area contributed by atoms with E-state index in [0.29, 0.717) is 0 Å². The Kier molecular flexibility index (Phi) is 4.81. The van der Waals surface area contributed by atoms with Gasteiger partial charge < -0.3 is 5.32 Å². The smallest absolute Gasteiger partial charge is 0.0198 e. The Labute approximate surface area is 119 Å². The van der Waals surface area contributed by atoms with E-state index in [1.807, 2.05) is 0 Å². The van der Waals surface area contributed by atoms with Crippen molar-refractivity contribution in [1.29, 1.82) is 0 Å². The van der Waals surface area contributed by atoms with Crippen molar-refractivity contribution in [3.63, 3.8) is 0 Å². The predicted octanol–water partition coefficient (Wildman–Crippen LogP) is 3.42. The molecule has 1 saturated heterocycles. The molecule has 0 bridgehead atoms. The van der Waals surface area contributed by atoms with Gasteiger partial charge in [0.25, 0.3) is 0 Å². The fourth-order valence-corrected chi connectivity index (χ4v) is 4.32. The van der Waals surface area contributed by atoms with Crippen molar-refractivity contribution in [3.8, 4) is 0 Å². The van der Waals surface area contributed by atoms with Crippen molar-refractivity contribution >= 4 is 0 Å². The first kappa shape index (κ1) is 13.9. The third-order valence-corrected chi connectivity index (χ3v) is 5.70. The second-order valence-electron chi connectivity index (χ2n) is 7.49. The highest BCUT2D eigenvalue weighted by Gasteiger charge is 2.32. The fraction of sp³-hybridized carbons (Fsp3) is 1.00. The number of rotatable bonds is 4. The van der Waals surface area contributed by atoms with Crippen LogP contribution in [0.3, 0.4) is 0 Å². The van der Waals surface area contributed by atoms with Crippen molar-refractivity contribution in [2.45, 2.75) is 76.8 Å². The number of piperidine rings is 1. The molecule has 2 saturated carbocycles. The van der Waals surface area contributed by atoms with Crippen molar-refractivity contribution in [2.24, 2.45) is 11.8 Å². The van der Waals surface area contributed by atoms with Gasteiger partial charge in [-0.25, -0.2) is 0 Å². The van der Waals surface area contributed by atoms with Crippen LogP contribution < -0.4 is 5.32 Å².